The summed E-state index contributed by atoms with van der Waals surface area (Å²) in [5, 5.41) is 4.94. The van der Waals surface area contributed by atoms with Crippen LogP contribution in [0.2, 0.25) is 5.02 Å². The summed E-state index contributed by atoms with van der Waals surface area (Å²) < 4.78 is 12.5. The number of rotatable bonds is 4. The fraction of sp³-hybridized carbons (Fsp3) is 0.400. The van der Waals surface area contributed by atoms with E-state index in [-0.39, 0.29) is 6.04 Å². The van der Waals surface area contributed by atoms with Crippen LogP contribution in [-0.4, -0.2) is 16.6 Å². The maximum Gasteiger partial charge on any atom is 0.231 e. The minimum Gasteiger partial charge on any atom is -0.454 e. The Morgan fingerprint density at radius 3 is 2.86 bits per heavy atom. The topological polar surface area (TPSA) is 62.3 Å². The Labute approximate surface area is 128 Å². The first kappa shape index (κ1) is 14.1. The second-order valence-electron chi connectivity index (χ2n) is 5.30. The van der Waals surface area contributed by atoms with Gasteiger partial charge in [0.05, 0.1) is 11.7 Å². The van der Waals surface area contributed by atoms with E-state index < -0.39 is 0 Å². The standard InChI is InChI=1S/C15H18ClN3O2/c1-9(19-15(17)14(16)10(2)18-19)3-4-11-5-6-12-13(7-11)21-8-20-12/h5-7,9H,3-4,8,17H2,1-2H3. The molecule has 2 heterocycles. The van der Waals surface area contributed by atoms with Gasteiger partial charge in [0.2, 0.25) is 6.79 Å². The quantitative estimate of drug-likeness (QED) is 0.941. The van der Waals surface area contributed by atoms with Crippen LogP contribution in [0.3, 0.4) is 0 Å². The molecule has 0 amide bonds. The third-order valence-electron chi connectivity index (χ3n) is 3.75. The average molecular weight is 308 g/mol. The summed E-state index contributed by atoms with van der Waals surface area (Å²) in [5.41, 5.74) is 7.95. The number of nitrogens with two attached hydrogens (primary N) is 1. The lowest BCUT2D eigenvalue weighted by Crippen LogP contribution is -2.11. The number of nitrogen functional groups attached to an aromatic ring is 1. The third kappa shape index (κ3) is 2.65. The van der Waals surface area contributed by atoms with Crippen molar-refractivity contribution < 1.29 is 9.47 Å². The number of fused-ring (bicyclic) bond motifs is 1. The molecule has 0 radical (unpaired) electrons. The average Bonchev–Trinajstić information content (AvgIpc) is 3.04. The number of benzene rings is 1. The van der Waals surface area contributed by atoms with Gasteiger partial charge >= 0.3 is 0 Å². The normalized spacial score (nSPS) is 14.4. The van der Waals surface area contributed by atoms with Crippen LogP contribution in [0.25, 0.3) is 0 Å². The molecule has 2 N–H and O–H groups in total. The van der Waals surface area contributed by atoms with E-state index in [1.165, 1.54) is 5.56 Å². The zero-order valence-electron chi connectivity index (χ0n) is 12.1. The van der Waals surface area contributed by atoms with E-state index >= 15 is 0 Å². The minimum atomic E-state index is 0.182. The number of halogens is 1. The van der Waals surface area contributed by atoms with Crippen LogP contribution in [0, 0.1) is 6.92 Å². The van der Waals surface area contributed by atoms with Crippen LogP contribution < -0.4 is 15.2 Å². The number of ether oxygens (including phenoxy) is 2. The van der Waals surface area contributed by atoms with Crippen molar-refractivity contribution in [1.29, 1.82) is 0 Å². The molecule has 0 saturated carbocycles. The Morgan fingerprint density at radius 1 is 1.38 bits per heavy atom. The van der Waals surface area contributed by atoms with E-state index in [0.717, 1.165) is 30.0 Å². The molecular formula is C15H18ClN3O2. The predicted octanol–water partition coefficient (Wildman–Crippen LogP) is 3.35. The van der Waals surface area contributed by atoms with Crippen LogP contribution in [-0.2, 0) is 6.42 Å². The molecule has 1 atom stereocenters. The van der Waals surface area contributed by atoms with Gasteiger partial charge in [-0.2, -0.15) is 5.10 Å². The number of aromatic nitrogens is 2. The second kappa shape index (κ2) is 5.48. The monoisotopic (exact) mass is 307 g/mol. The van der Waals surface area contributed by atoms with Crippen LogP contribution in [0.4, 0.5) is 5.82 Å². The molecule has 21 heavy (non-hydrogen) atoms. The highest BCUT2D eigenvalue weighted by Gasteiger charge is 2.16. The predicted molar refractivity (Wildman–Crippen MR) is 82.0 cm³/mol. The molecule has 1 aliphatic heterocycles. The Kier molecular flexibility index (Phi) is 3.68. The molecule has 1 aromatic heterocycles. The van der Waals surface area contributed by atoms with Crippen LogP contribution in [0.15, 0.2) is 18.2 Å². The van der Waals surface area contributed by atoms with Crippen molar-refractivity contribution >= 4 is 17.4 Å². The third-order valence-corrected chi connectivity index (χ3v) is 4.22. The number of nitrogens with zero attached hydrogens (tertiary/aromatic N) is 2. The summed E-state index contributed by atoms with van der Waals surface area (Å²) in [5.74, 6) is 2.16. The Bertz CT molecular complexity index is 669. The summed E-state index contributed by atoms with van der Waals surface area (Å²) in [6.45, 7) is 4.25. The largest absolute Gasteiger partial charge is 0.454 e. The summed E-state index contributed by atoms with van der Waals surface area (Å²) in [4.78, 5) is 0. The van der Waals surface area contributed by atoms with Gasteiger partial charge in [0.25, 0.3) is 0 Å². The summed E-state index contributed by atoms with van der Waals surface area (Å²) in [6.07, 6.45) is 1.83. The van der Waals surface area contributed by atoms with Gasteiger partial charge in [-0.15, -0.1) is 0 Å². The van der Waals surface area contributed by atoms with Crippen LogP contribution in [0.1, 0.15) is 30.6 Å². The number of anilines is 1. The summed E-state index contributed by atoms with van der Waals surface area (Å²) in [7, 11) is 0. The minimum absolute atomic E-state index is 0.182. The summed E-state index contributed by atoms with van der Waals surface area (Å²) in [6, 6.07) is 6.22. The van der Waals surface area contributed by atoms with E-state index in [1.54, 1.807) is 4.68 Å². The van der Waals surface area contributed by atoms with Crippen molar-refractivity contribution in [3.8, 4) is 11.5 Å². The van der Waals surface area contributed by atoms with Crippen molar-refractivity contribution in [1.82, 2.24) is 9.78 Å². The fourth-order valence-electron chi connectivity index (χ4n) is 2.48. The lowest BCUT2D eigenvalue weighted by atomic mass is 10.1. The van der Waals surface area contributed by atoms with Crippen molar-refractivity contribution in [3.63, 3.8) is 0 Å². The fourth-order valence-corrected chi connectivity index (χ4v) is 2.60. The van der Waals surface area contributed by atoms with E-state index in [4.69, 9.17) is 26.8 Å². The molecule has 3 rings (SSSR count). The van der Waals surface area contributed by atoms with Gasteiger partial charge in [0, 0.05) is 0 Å². The molecule has 2 aromatic rings. The lowest BCUT2D eigenvalue weighted by Gasteiger charge is -2.14. The maximum atomic E-state index is 6.08. The van der Waals surface area contributed by atoms with E-state index in [9.17, 15) is 0 Å². The molecule has 0 bridgehead atoms. The number of hydrogen-bond acceptors (Lipinski definition) is 4. The van der Waals surface area contributed by atoms with Gasteiger partial charge in [0.15, 0.2) is 11.5 Å². The maximum absolute atomic E-state index is 6.08. The van der Waals surface area contributed by atoms with Crippen molar-refractivity contribution in [2.45, 2.75) is 32.7 Å². The van der Waals surface area contributed by atoms with Crippen molar-refractivity contribution in [3.05, 3.63) is 34.5 Å². The van der Waals surface area contributed by atoms with E-state index in [0.29, 0.717) is 17.6 Å². The Hall–Kier alpha value is -1.88. The molecule has 1 unspecified atom stereocenters. The summed E-state index contributed by atoms with van der Waals surface area (Å²) >= 11 is 6.08. The first-order valence-corrected chi connectivity index (χ1v) is 7.32. The highest BCUT2D eigenvalue weighted by atomic mass is 35.5. The molecule has 1 aromatic carbocycles. The second-order valence-corrected chi connectivity index (χ2v) is 5.68. The van der Waals surface area contributed by atoms with Gasteiger partial charge in [-0.05, 0) is 44.4 Å². The zero-order valence-corrected chi connectivity index (χ0v) is 12.9. The van der Waals surface area contributed by atoms with Crippen LogP contribution >= 0.6 is 11.6 Å². The van der Waals surface area contributed by atoms with Crippen LogP contribution in [0.5, 0.6) is 11.5 Å². The molecule has 6 heteroatoms. The highest BCUT2D eigenvalue weighted by molar-refractivity contribution is 6.33. The SMILES string of the molecule is Cc1nn(C(C)CCc2ccc3c(c2)OCO3)c(N)c1Cl. The number of hydrogen-bond donors (Lipinski definition) is 1. The molecule has 0 saturated heterocycles. The molecule has 0 spiro atoms. The van der Waals surface area contributed by atoms with E-state index in [1.807, 2.05) is 19.1 Å². The first-order chi connectivity index (χ1) is 10.1. The van der Waals surface area contributed by atoms with Crippen molar-refractivity contribution in [2.75, 3.05) is 12.5 Å². The van der Waals surface area contributed by atoms with Gasteiger partial charge in [0.1, 0.15) is 10.8 Å². The number of aryl methyl sites for hydroxylation is 2. The molecule has 5 nitrogen and oxygen atoms in total. The molecule has 0 aliphatic carbocycles. The van der Waals surface area contributed by atoms with Gasteiger partial charge in [-0.1, -0.05) is 17.7 Å². The van der Waals surface area contributed by atoms with Gasteiger partial charge in [-0.3, -0.25) is 0 Å². The highest BCUT2D eigenvalue weighted by Crippen LogP contribution is 2.33. The Morgan fingerprint density at radius 2 is 2.14 bits per heavy atom. The Balaban J connectivity index is 1.68. The van der Waals surface area contributed by atoms with E-state index in [2.05, 4.69) is 18.1 Å². The molecule has 112 valence electrons. The molecule has 0 fully saturated rings. The van der Waals surface area contributed by atoms with Crippen molar-refractivity contribution in [2.24, 2.45) is 0 Å². The van der Waals surface area contributed by atoms with Gasteiger partial charge in [-0.25, -0.2) is 4.68 Å². The molecular weight excluding hydrogens is 290 g/mol. The molecule has 1 aliphatic rings. The zero-order chi connectivity index (χ0) is 15.0. The van der Waals surface area contributed by atoms with Gasteiger partial charge < -0.3 is 15.2 Å². The smallest absolute Gasteiger partial charge is 0.231 e. The first-order valence-electron chi connectivity index (χ1n) is 6.95. The lowest BCUT2D eigenvalue weighted by molar-refractivity contribution is 0.174.